The zero-order valence-electron chi connectivity index (χ0n) is 16.3. The van der Waals surface area contributed by atoms with Gasteiger partial charge in [-0.1, -0.05) is 22.0 Å². The summed E-state index contributed by atoms with van der Waals surface area (Å²) in [6, 6.07) is 5.67. The van der Waals surface area contributed by atoms with Crippen LogP contribution in [-0.4, -0.2) is 41.4 Å². The molecule has 7 heteroatoms. The lowest BCUT2D eigenvalue weighted by atomic mass is 10.1. The molecule has 0 atom stereocenters. The van der Waals surface area contributed by atoms with Crippen molar-refractivity contribution in [3.8, 4) is 0 Å². The van der Waals surface area contributed by atoms with E-state index >= 15 is 0 Å². The molecule has 2 rings (SSSR count). The first-order chi connectivity index (χ1) is 11.9. The number of halogens is 1. The Morgan fingerprint density at radius 1 is 0.962 bits per heavy atom. The van der Waals surface area contributed by atoms with E-state index in [1.807, 2.05) is 59.7 Å². The summed E-state index contributed by atoms with van der Waals surface area (Å²) in [4.78, 5) is 28.4. The van der Waals surface area contributed by atoms with Gasteiger partial charge in [0.15, 0.2) is 0 Å². The third-order valence-corrected chi connectivity index (χ3v) is 4.05. The molecule has 6 nitrogen and oxygen atoms in total. The van der Waals surface area contributed by atoms with Gasteiger partial charge in [0.1, 0.15) is 11.2 Å². The number of carbonyl (C=O) groups is 2. The van der Waals surface area contributed by atoms with Crippen LogP contribution in [0.1, 0.15) is 47.1 Å². The second-order valence-electron chi connectivity index (χ2n) is 8.31. The van der Waals surface area contributed by atoms with Gasteiger partial charge in [-0.3, -0.25) is 4.90 Å². The molecule has 0 saturated heterocycles. The van der Waals surface area contributed by atoms with Crippen LogP contribution in [0, 0.1) is 0 Å². The maximum atomic E-state index is 12.7. The van der Waals surface area contributed by atoms with E-state index in [-0.39, 0.29) is 0 Å². The van der Waals surface area contributed by atoms with Gasteiger partial charge in [0.05, 0.1) is 12.2 Å². The molecular formula is C19H27BrN2O4. The molecule has 0 bridgehead atoms. The lowest BCUT2D eigenvalue weighted by molar-refractivity contribution is 0.0238. The number of fused-ring (bicyclic) bond motifs is 1. The maximum absolute atomic E-state index is 12.7. The van der Waals surface area contributed by atoms with Crippen LogP contribution in [0.5, 0.6) is 0 Å². The molecule has 0 aromatic heterocycles. The highest BCUT2D eigenvalue weighted by molar-refractivity contribution is 9.10. The number of hydrogen-bond donors (Lipinski definition) is 0. The number of hydrogen-bond acceptors (Lipinski definition) is 4. The lowest BCUT2D eigenvalue weighted by Crippen LogP contribution is -2.42. The van der Waals surface area contributed by atoms with Gasteiger partial charge in [0.25, 0.3) is 0 Å². The van der Waals surface area contributed by atoms with Gasteiger partial charge < -0.3 is 14.4 Å². The molecule has 0 fully saturated rings. The monoisotopic (exact) mass is 426 g/mol. The Kier molecular flexibility index (Phi) is 5.90. The summed E-state index contributed by atoms with van der Waals surface area (Å²) in [5.74, 6) is 0. The van der Waals surface area contributed by atoms with E-state index in [1.165, 1.54) is 0 Å². The van der Waals surface area contributed by atoms with Crippen LogP contribution in [0.25, 0.3) is 0 Å². The second kappa shape index (κ2) is 7.47. The van der Waals surface area contributed by atoms with Crippen molar-refractivity contribution in [1.29, 1.82) is 0 Å². The van der Waals surface area contributed by atoms with Crippen molar-refractivity contribution in [2.45, 2.75) is 59.3 Å². The van der Waals surface area contributed by atoms with Crippen molar-refractivity contribution in [1.82, 2.24) is 4.90 Å². The zero-order valence-corrected chi connectivity index (χ0v) is 17.8. The van der Waals surface area contributed by atoms with Gasteiger partial charge >= 0.3 is 12.2 Å². The first kappa shape index (κ1) is 20.6. The molecular weight excluding hydrogens is 400 g/mol. The Hall–Kier alpha value is -1.76. The van der Waals surface area contributed by atoms with E-state index in [4.69, 9.17) is 9.47 Å². The van der Waals surface area contributed by atoms with Gasteiger partial charge in [0.2, 0.25) is 0 Å². The fourth-order valence-electron chi connectivity index (χ4n) is 2.54. The summed E-state index contributed by atoms with van der Waals surface area (Å²) in [6.45, 7) is 12.1. The Balaban J connectivity index is 2.31. The predicted octanol–water partition coefficient (Wildman–Crippen LogP) is 4.94. The highest BCUT2D eigenvalue weighted by Gasteiger charge is 2.31. The van der Waals surface area contributed by atoms with Gasteiger partial charge in [-0.25, -0.2) is 9.59 Å². The van der Waals surface area contributed by atoms with E-state index in [1.54, 1.807) is 9.80 Å². The fourth-order valence-corrected chi connectivity index (χ4v) is 2.89. The van der Waals surface area contributed by atoms with Crippen LogP contribution in [0.2, 0.25) is 0 Å². The molecule has 1 aromatic carbocycles. The highest BCUT2D eigenvalue weighted by atomic mass is 79.9. The average Bonchev–Trinajstić information content (AvgIpc) is 2.62. The molecule has 26 heavy (non-hydrogen) atoms. The fraction of sp³-hybridized carbons (Fsp3) is 0.579. The molecule has 0 radical (unpaired) electrons. The topological polar surface area (TPSA) is 59.1 Å². The van der Waals surface area contributed by atoms with Crippen molar-refractivity contribution in [2.24, 2.45) is 0 Å². The number of nitrogens with zero attached hydrogens (tertiary/aromatic N) is 2. The van der Waals surface area contributed by atoms with Gasteiger partial charge in [-0.2, -0.15) is 0 Å². The smallest absolute Gasteiger partial charge is 0.414 e. The number of amides is 2. The second-order valence-corrected chi connectivity index (χ2v) is 9.22. The Morgan fingerprint density at radius 3 is 2.12 bits per heavy atom. The van der Waals surface area contributed by atoms with Crippen LogP contribution in [0.4, 0.5) is 15.3 Å². The predicted molar refractivity (Wildman–Crippen MR) is 104 cm³/mol. The van der Waals surface area contributed by atoms with E-state index in [2.05, 4.69) is 15.9 Å². The SMILES string of the molecule is CC(C)(C)OC(=O)N1CCN(C(=O)OC(C)(C)C)c2cc(Br)ccc2C1. The molecule has 0 aliphatic carbocycles. The van der Waals surface area contributed by atoms with Crippen LogP contribution in [0.3, 0.4) is 0 Å². The van der Waals surface area contributed by atoms with Crippen LogP contribution >= 0.6 is 15.9 Å². The van der Waals surface area contributed by atoms with E-state index in [9.17, 15) is 9.59 Å². The van der Waals surface area contributed by atoms with E-state index in [0.717, 1.165) is 15.7 Å². The summed E-state index contributed by atoms with van der Waals surface area (Å²) >= 11 is 3.45. The quantitative estimate of drug-likeness (QED) is 0.589. The number of rotatable bonds is 0. The summed E-state index contributed by atoms with van der Waals surface area (Å²) in [5.41, 5.74) is 0.430. The molecule has 144 valence electrons. The Labute approximate surface area is 163 Å². The van der Waals surface area contributed by atoms with Crippen LogP contribution in [0.15, 0.2) is 22.7 Å². The molecule has 1 aliphatic heterocycles. The summed E-state index contributed by atoms with van der Waals surface area (Å²) < 4.78 is 11.9. The van der Waals surface area contributed by atoms with E-state index < -0.39 is 23.4 Å². The van der Waals surface area contributed by atoms with Crippen LogP contribution < -0.4 is 4.90 Å². The molecule has 0 unspecified atom stereocenters. The molecule has 0 N–H and O–H groups in total. The third kappa shape index (κ3) is 5.62. The number of carbonyl (C=O) groups excluding carboxylic acids is 2. The Bertz CT molecular complexity index is 692. The minimum Gasteiger partial charge on any atom is -0.444 e. The highest BCUT2D eigenvalue weighted by Crippen LogP contribution is 2.30. The number of anilines is 1. The van der Waals surface area contributed by atoms with Crippen molar-refractivity contribution >= 4 is 33.8 Å². The summed E-state index contributed by atoms with van der Waals surface area (Å²) in [6.07, 6.45) is -0.819. The first-order valence-electron chi connectivity index (χ1n) is 8.62. The van der Waals surface area contributed by atoms with Gasteiger partial charge in [-0.05, 0) is 59.2 Å². The van der Waals surface area contributed by atoms with Gasteiger partial charge in [-0.15, -0.1) is 0 Å². The zero-order chi connectivity index (χ0) is 19.7. The molecule has 1 heterocycles. The summed E-state index contributed by atoms with van der Waals surface area (Å²) in [7, 11) is 0. The average molecular weight is 427 g/mol. The third-order valence-electron chi connectivity index (χ3n) is 3.56. The van der Waals surface area contributed by atoms with Crippen molar-refractivity contribution < 1.29 is 19.1 Å². The van der Waals surface area contributed by atoms with Crippen LogP contribution in [-0.2, 0) is 16.0 Å². The standard InChI is InChI=1S/C19H27BrN2O4/c1-18(2,3)25-16(23)21-9-10-22(17(24)26-19(4,5)6)15-11-14(20)8-7-13(15)12-21/h7-8,11H,9-10,12H2,1-6H3. The maximum Gasteiger partial charge on any atom is 0.414 e. The van der Waals surface area contributed by atoms with Crippen molar-refractivity contribution in [3.63, 3.8) is 0 Å². The number of benzene rings is 1. The van der Waals surface area contributed by atoms with E-state index in [0.29, 0.717) is 19.6 Å². The van der Waals surface area contributed by atoms with Crippen molar-refractivity contribution in [3.05, 3.63) is 28.2 Å². The molecule has 0 spiro atoms. The first-order valence-corrected chi connectivity index (χ1v) is 9.42. The molecule has 1 aromatic rings. The normalized spacial score (nSPS) is 15.2. The number of ether oxygens (including phenoxy) is 2. The largest absolute Gasteiger partial charge is 0.444 e. The summed E-state index contributed by atoms with van der Waals surface area (Å²) in [5, 5.41) is 0. The minimum absolute atomic E-state index is 0.331. The molecule has 2 amide bonds. The minimum atomic E-state index is -0.597. The Morgan fingerprint density at radius 2 is 1.54 bits per heavy atom. The molecule has 0 saturated carbocycles. The lowest BCUT2D eigenvalue weighted by Gasteiger charge is -2.28. The van der Waals surface area contributed by atoms with Gasteiger partial charge in [0, 0.05) is 17.6 Å². The molecule has 1 aliphatic rings. The van der Waals surface area contributed by atoms with Crippen molar-refractivity contribution in [2.75, 3.05) is 18.0 Å².